The predicted molar refractivity (Wildman–Crippen MR) is 69.0 cm³/mol. The zero-order valence-corrected chi connectivity index (χ0v) is 11.0. The average Bonchev–Trinajstić information content (AvgIpc) is 2.96. The third-order valence-corrected chi connectivity index (χ3v) is 3.94. The Hall–Kier alpha value is -0.900. The molecular formula is C13H24N4. The summed E-state index contributed by atoms with van der Waals surface area (Å²) < 4.78 is 2.15. The number of rotatable bonds is 5. The molecule has 1 heterocycles. The van der Waals surface area contributed by atoms with Crippen LogP contribution in [0.4, 0.5) is 0 Å². The molecule has 0 aliphatic heterocycles. The molecule has 4 heteroatoms. The molecule has 1 aliphatic rings. The Kier molecular flexibility index (Phi) is 4.15. The van der Waals surface area contributed by atoms with Crippen LogP contribution in [0.1, 0.15) is 69.3 Å². The highest BCUT2D eigenvalue weighted by Crippen LogP contribution is 2.36. The first-order valence-corrected chi connectivity index (χ1v) is 6.92. The Labute approximate surface area is 104 Å². The van der Waals surface area contributed by atoms with Crippen molar-refractivity contribution in [2.75, 3.05) is 6.54 Å². The maximum Gasteiger partial charge on any atom is 0.0874 e. The lowest BCUT2D eigenvalue weighted by Gasteiger charge is -2.17. The van der Waals surface area contributed by atoms with Gasteiger partial charge in [0.2, 0.25) is 0 Å². The first-order chi connectivity index (χ1) is 8.27. The van der Waals surface area contributed by atoms with E-state index in [0.717, 1.165) is 18.5 Å². The number of hydrogen-bond acceptors (Lipinski definition) is 3. The van der Waals surface area contributed by atoms with Crippen molar-refractivity contribution < 1.29 is 0 Å². The molecule has 2 rings (SSSR count). The van der Waals surface area contributed by atoms with Gasteiger partial charge in [-0.2, -0.15) is 0 Å². The Morgan fingerprint density at radius 3 is 2.71 bits per heavy atom. The molecule has 17 heavy (non-hydrogen) atoms. The van der Waals surface area contributed by atoms with Gasteiger partial charge >= 0.3 is 0 Å². The highest BCUT2D eigenvalue weighted by atomic mass is 15.4. The summed E-state index contributed by atoms with van der Waals surface area (Å²) in [6.07, 6.45) is 7.24. The van der Waals surface area contributed by atoms with E-state index in [4.69, 9.17) is 5.73 Å². The second-order valence-electron chi connectivity index (χ2n) is 5.14. The maximum atomic E-state index is 5.67. The molecule has 1 aromatic heterocycles. The van der Waals surface area contributed by atoms with Gasteiger partial charge < -0.3 is 5.73 Å². The summed E-state index contributed by atoms with van der Waals surface area (Å²) in [6, 6.07) is 0.449. The molecule has 0 saturated heterocycles. The summed E-state index contributed by atoms with van der Waals surface area (Å²) in [6.45, 7) is 5.09. The van der Waals surface area contributed by atoms with Gasteiger partial charge in [0.05, 0.1) is 17.4 Å². The van der Waals surface area contributed by atoms with Crippen molar-refractivity contribution in [1.29, 1.82) is 0 Å². The van der Waals surface area contributed by atoms with E-state index in [1.54, 1.807) is 0 Å². The van der Waals surface area contributed by atoms with E-state index >= 15 is 0 Å². The van der Waals surface area contributed by atoms with Crippen molar-refractivity contribution in [3.05, 3.63) is 11.4 Å². The predicted octanol–water partition coefficient (Wildman–Crippen LogP) is 2.41. The lowest BCUT2D eigenvalue weighted by molar-refractivity contribution is 0.433. The molecular weight excluding hydrogens is 212 g/mol. The molecule has 0 spiro atoms. The Balaban J connectivity index is 2.31. The third-order valence-electron chi connectivity index (χ3n) is 3.94. The number of nitrogens with zero attached hydrogens (tertiary/aromatic N) is 3. The molecule has 1 atom stereocenters. The molecule has 2 N–H and O–H groups in total. The zero-order valence-electron chi connectivity index (χ0n) is 11.0. The van der Waals surface area contributed by atoms with Crippen LogP contribution in [0, 0.1) is 0 Å². The fourth-order valence-corrected chi connectivity index (χ4v) is 2.77. The van der Waals surface area contributed by atoms with Gasteiger partial charge in [0.1, 0.15) is 0 Å². The molecule has 96 valence electrons. The van der Waals surface area contributed by atoms with Gasteiger partial charge in [0.25, 0.3) is 0 Å². The van der Waals surface area contributed by atoms with Crippen molar-refractivity contribution in [3.63, 3.8) is 0 Å². The fourth-order valence-electron chi connectivity index (χ4n) is 2.77. The molecule has 4 nitrogen and oxygen atoms in total. The summed E-state index contributed by atoms with van der Waals surface area (Å²) in [7, 11) is 0. The minimum Gasteiger partial charge on any atom is -0.330 e. The second-order valence-corrected chi connectivity index (χ2v) is 5.14. The Morgan fingerprint density at radius 2 is 2.12 bits per heavy atom. The van der Waals surface area contributed by atoms with Crippen LogP contribution in [0.2, 0.25) is 0 Å². The maximum absolute atomic E-state index is 5.67. The third kappa shape index (κ3) is 2.51. The average molecular weight is 236 g/mol. The highest BCUT2D eigenvalue weighted by molar-refractivity contribution is 5.18. The number of hydrogen-bond donors (Lipinski definition) is 1. The minimum absolute atomic E-state index is 0.449. The summed E-state index contributed by atoms with van der Waals surface area (Å²) >= 11 is 0. The molecule has 0 bridgehead atoms. The van der Waals surface area contributed by atoms with E-state index in [2.05, 4.69) is 28.8 Å². The van der Waals surface area contributed by atoms with E-state index in [9.17, 15) is 0 Å². The largest absolute Gasteiger partial charge is 0.330 e. The lowest BCUT2D eigenvalue weighted by Crippen LogP contribution is -2.14. The molecule has 1 aromatic rings. The summed E-state index contributed by atoms with van der Waals surface area (Å²) in [5.74, 6) is 0.667. The first kappa shape index (κ1) is 12.6. The highest BCUT2D eigenvalue weighted by Gasteiger charge is 2.26. The van der Waals surface area contributed by atoms with E-state index in [1.807, 2.05) is 0 Å². The van der Waals surface area contributed by atoms with Crippen LogP contribution < -0.4 is 5.73 Å². The van der Waals surface area contributed by atoms with Crippen molar-refractivity contribution in [2.24, 2.45) is 5.73 Å². The van der Waals surface area contributed by atoms with E-state index < -0.39 is 0 Å². The Morgan fingerprint density at radius 1 is 1.41 bits per heavy atom. The van der Waals surface area contributed by atoms with Crippen LogP contribution in [-0.4, -0.2) is 21.5 Å². The molecule has 0 amide bonds. The number of nitrogens with two attached hydrogens (primary N) is 1. The van der Waals surface area contributed by atoms with Gasteiger partial charge in [-0.3, -0.25) is 0 Å². The van der Waals surface area contributed by atoms with Crippen molar-refractivity contribution in [3.8, 4) is 0 Å². The monoisotopic (exact) mass is 236 g/mol. The standard InChI is InChI=1S/C13H24N4/c1-3-10(2)17-13(11-6-4-5-7-11)12(8-9-14)15-16-17/h10-11H,3-9,14H2,1-2H3. The summed E-state index contributed by atoms with van der Waals surface area (Å²) in [4.78, 5) is 0. The smallest absolute Gasteiger partial charge is 0.0874 e. The molecule has 0 aromatic carbocycles. The van der Waals surface area contributed by atoms with E-state index in [1.165, 1.54) is 31.4 Å². The quantitative estimate of drug-likeness (QED) is 0.854. The molecule has 1 saturated carbocycles. The van der Waals surface area contributed by atoms with Crippen LogP contribution in [-0.2, 0) is 6.42 Å². The minimum atomic E-state index is 0.449. The van der Waals surface area contributed by atoms with Gasteiger partial charge in [-0.05, 0) is 32.7 Å². The summed E-state index contributed by atoms with van der Waals surface area (Å²) in [5, 5.41) is 8.71. The van der Waals surface area contributed by atoms with Crippen LogP contribution in [0.25, 0.3) is 0 Å². The first-order valence-electron chi connectivity index (χ1n) is 6.92. The SMILES string of the molecule is CCC(C)n1nnc(CCN)c1C1CCCC1. The van der Waals surface area contributed by atoms with Crippen LogP contribution in [0.3, 0.4) is 0 Å². The van der Waals surface area contributed by atoms with Crippen LogP contribution in [0.15, 0.2) is 0 Å². The lowest BCUT2D eigenvalue weighted by atomic mass is 10.00. The van der Waals surface area contributed by atoms with E-state index in [0.29, 0.717) is 18.5 Å². The van der Waals surface area contributed by atoms with Crippen molar-refractivity contribution >= 4 is 0 Å². The number of aromatic nitrogens is 3. The van der Waals surface area contributed by atoms with Crippen LogP contribution >= 0.6 is 0 Å². The second kappa shape index (κ2) is 5.63. The van der Waals surface area contributed by atoms with Crippen LogP contribution in [0.5, 0.6) is 0 Å². The zero-order chi connectivity index (χ0) is 12.3. The normalized spacial score (nSPS) is 18.8. The van der Waals surface area contributed by atoms with Gasteiger partial charge in [-0.15, -0.1) is 5.10 Å². The Bertz CT molecular complexity index is 352. The van der Waals surface area contributed by atoms with Crippen molar-refractivity contribution in [1.82, 2.24) is 15.0 Å². The van der Waals surface area contributed by atoms with E-state index in [-0.39, 0.29) is 0 Å². The van der Waals surface area contributed by atoms with Gasteiger partial charge in [-0.25, -0.2) is 4.68 Å². The molecule has 1 unspecified atom stereocenters. The topological polar surface area (TPSA) is 56.7 Å². The van der Waals surface area contributed by atoms with Gasteiger partial charge in [0.15, 0.2) is 0 Å². The molecule has 1 fully saturated rings. The van der Waals surface area contributed by atoms with Crippen molar-refractivity contribution in [2.45, 2.75) is 64.3 Å². The fraction of sp³-hybridized carbons (Fsp3) is 0.846. The molecule has 1 aliphatic carbocycles. The summed E-state index contributed by atoms with van der Waals surface area (Å²) in [5.41, 5.74) is 8.18. The van der Waals surface area contributed by atoms with Gasteiger partial charge in [-0.1, -0.05) is 25.0 Å². The molecule has 0 radical (unpaired) electrons. The van der Waals surface area contributed by atoms with Gasteiger partial charge in [0, 0.05) is 12.3 Å².